The second-order valence-corrected chi connectivity index (χ2v) is 4.60. The summed E-state index contributed by atoms with van der Waals surface area (Å²) in [6, 6.07) is 1.72. The quantitative estimate of drug-likeness (QED) is 0.750. The van der Waals surface area contributed by atoms with Crippen LogP contribution in [0, 0.1) is 0 Å². The van der Waals surface area contributed by atoms with E-state index in [-0.39, 0.29) is 18.6 Å². The molecule has 0 spiro atoms. The fraction of sp³-hybridized carbons (Fsp3) is 0.400. The lowest BCUT2D eigenvalue weighted by Gasteiger charge is -2.10. The van der Waals surface area contributed by atoms with Crippen molar-refractivity contribution in [2.75, 3.05) is 6.54 Å². The van der Waals surface area contributed by atoms with Crippen LogP contribution in [0.25, 0.3) is 10.2 Å². The first-order valence-electron chi connectivity index (χ1n) is 5.21. The van der Waals surface area contributed by atoms with Crippen molar-refractivity contribution >= 4 is 21.6 Å². The molecule has 0 aromatic carbocycles. The smallest absolute Gasteiger partial charge is 0.268 e. The molecule has 0 radical (unpaired) electrons. The molecule has 0 bridgehead atoms. The third-order valence-electron chi connectivity index (χ3n) is 2.30. The van der Waals surface area contributed by atoms with Gasteiger partial charge in [-0.3, -0.25) is 4.79 Å². The predicted octanol–water partition coefficient (Wildman–Crippen LogP) is 0.700. The van der Waals surface area contributed by atoms with Gasteiger partial charge in [0.25, 0.3) is 12.0 Å². The highest BCUT2D eigenvalue weighted by Gasteiger charge is 2.15. The molecule has 2 aromatic rings. The molecule has 5 nitrogen and oxygen atoms in total. The van der Waals surface area contributed by atoms with Crippen molar-refractivity contribution in [2.24, 2.45) is 0 Å². The van der Waals surface area contributed by atoms with E-state index in [2.05, 4.69) is 15.3 Å². The average molecular weight is 275 g/mol. The third kappa shape index (κ3) is 2.89. The first-order valence-corrected chi connectivity index (χ1v) is 6.09. The fourth-order valence-electron chi connectivity index (χ4n) is 1.43. The van der Waals surface area contributed by atoms with E-state index < -0.39 is 12.5 Å². The number of nitrogens with one attached hydrogen (secondary N) is 2. The molecule has 0 amide bonds. The van der Waals surface area contributed by atoms with E-state index in [0.717, 1.165) is 0 Å². The molecular formula is C10H11F2N3O2S. The number of alkyl halides is 2. The molecule has 1 unspecified atom stereocenters. The van der Waals surface area contributed by atoms with E-state index in [0.29, 0.717) is 16.0 Å². The molecule has 0 aliphatic rings. The van der Waals surface area contributed by atoms with Crippen LogP contribution in [-0.2, 0) is 6.54 Å². The van der Waals surface area contributed by atoms with Crippen LogP contribution in [0.2, 0.25) is 0 Å². The maximum Gasteiger partial charge on any atom is 0.268 e. The summed E-state index contributed by atoms with van der Waals surface area (Å²) in [6.07, 6.45) is -4.51. The van der Waals surface area contributed by atoms with Crippen molar-refractivity contribution in [2.45, 2.75) is 19.1 Å². The number of rotatable bonds is 5. The fourth-order valence-corrected chi connectivity index (χ4v) is 2.16. The van der Waals surface area contributed by atoms with Crippen LogP contribution in [0.5, 0.6) is 0 Å². The minimum atomic E-state index is -2.79. The molecule has 8 heteroatoms. The zero-order valence-electron chi connectivity index (χ0n) is 9.19. The Kier molecular flexibility index (Phi) is 4.00. The second-order valence-electron chi connectivity index (χ2n) is 3.68. The molecule has 2 aromatic heterocycles. The van der Waals surface area contributed by atoms with Crippen LogP contribution in [0.4, 0.5) is 8.78 Å². The number of nitrogens with zero attached hydrogens (tertiary/aromatic N) is 1. The number of thiophene rings is 1. The van der Waals surface area contributed by atoms with E-state index in [1.807, 2.05) is 0 Å². The normalized spacial score (nSPS) is 13.3. The van der Waals surface area contributed by atoms with E-state index in [4.69, 9.17) is 5.11 Å². The molecule has 2 rings (SSSR count). The van der Waals surface area contributed by atoms with E-state index >= 15 is 0 Å². The van der Waals surface area contributed by atoms with Crippen molar-refractivity contribution in [3.63, 3.8) is 0 Å². The standard InChI is InChI=1S/C10H11F2N3O2S/c11-9(12)6(16)3-13-4-7-14-5-1-2-18-8(5)10(17)15-7/h1-2,6,9,13,16H,3-4H2,(H,14,15,17). The molecule has 0 aliphatic carbocycles. The van der Waals surface area contributed by atoms with E-state index in [1.165, 1.54) is 11.3 Å². The summed E-state index contributed by atoms with van der Waals surface area (Å²) >= 11 is 1.29. The second kappa shape index (κ2) is 5.51. The Balaban J connectivity index is 2.02. The van der Waals surface area contributed by atoms with Gasteiger partial charge in [0.05, 0.1) is 12.1 Å². The van der Waals surface area contributed by atoms with E-state index in [1.54, 1.807) is 11.4 Å². The number of hydrogen-bond acceptors (Lipinski definition) is 5. The minimum Gasteiger partial charge on any atom is -0.386 e. The average Bonchev–Trinajstić information content (AvgIpc) is 2.77. The Hall–Kier alpha value is -1.38. The minimum absolute atomic E-state index is 0.116. The monoisotopic (exact) mass is 275 g/mol. The molecule has 0 fully saturated rings. The summed E-state index contributed by atoms with van der Waals surface area (Å²) in [7, 11) is 0. The van der Waals surface area contributed by atoms with Gasteiger partial charge in [-0.2, -0.15) is 0 Å². The predicted molar refractivity (Wildman–Crippen MR) is 64.0 cm³/mol. The maximum atomic E-state index is 12.0. The van der Waals surface area contributed by atoms with Crippen LogP contribution in [-0.4, -0.2) is 34.1 Å². The van der Waals surface area contributed by atoms with Crippen LogP contribution in [0.1, 0.15) is 5.82 Å². The number of fused-ring (bicyclic) bond motifs is 1. The van der Waals surface area contributed by atoms with Gasteiger partial charge >= 0.3 is 0 Å². The topological polar surface area (TPSA) is 78.0 Å². The first-order chi connectivity index (χ1) is 8.58. The maximum absolute atomic E-state index is 12.0. The van der Waals surface area contributed by atoms with Gasteiger partial charge in [-0.05, 0) is 11.4 Å². The molecule has 3 N–H and O–H groups in total. The highest BCUT2D eigenvalue weighted by atomic mass is 32.1. The zero-order valence-corrected chi connectivity index (χ0v) is 10.0. The van der Waals surface area contributed by atoms with E-state index in [9.17, 15) is 13.6 Å². The van der Waals surface area contributed by atoms with Crippen molar-refractivity contribution in [3.8, 4) is 0 Å². The number of aromatic nitrogens is 2. The number of aliphatic hydroxyl groups excluding tert-OH is 1. The Bertz CT molecular complexity index is 584. The van der Waals surface area contributed by atoms with Gasteiger partial charge in [0.1, 0.15) is 16.6 Å². The number of H-pyrrole nitrogens is 1. The Morgan fingerprint density at radius 3 is 3.06 bits per heavy atom. The van der Waals surface area contributed by atoms with Crippen LogP contribution in [0.3, 0.4) is 0 Å². The van der Waals surface area contributed by atoms with Gasteiger partial charge in [-0.25, -0.2) is 13.8 Å². The molecule has 18 heavy (non-hydrogen) atoms. The third-order valence-corrected chi connectivity index (χ3v) is 3.20. The van der Waals surface area contributed by atoms with Gasteiger partial charge in [-0.1, -0.05) is 0 Å². The number of halogens is 2. The summed E-state index contributed by atoms with van der Waals surface area (Å²) in [5.41, 5.74) is 0.330. The molecule has 1 atom stereocenters. The van der Waals surface area contributed by atoms with Crippen molar-refractivity contribution in [1.82, 2.24) is 15.3 Å². The van der Waals surface area contributed by atoms with Gasteiger partial charge in [0, 0.05) is 6.54 Å². The molecular weight excluding hydrogens is 264 g/mol. The van der Waals surface area contributed by atoms with Crippen LogP contribution < -0.4 is 10.9 Å². The summed E-state index contributed by atoms with van der Waals surface area (Å²) < 4.78 is 24.6. The van der Waals surface area contributed by atoms with Gasteiger partial charge in [-0.15, -0.1) is 11.3 Å². The molecule has 0 saturated carbocycles. The Morgan fingerprint density at radius 2 is 2.33 bits per heavy atom. The summed E-state index contributed by atoms with van der Waals surface area (Å²) in [6.45, 7) is -0.145. The number of aliphatic hydroxyl groups is 1. The summed E-state index contributed by atoms with van der Waals surface area (Å²) in [4.78, 5) is 18.3. The lowest BCUT2D eigenvalue weighted by molar-refractivity contribution is -0.00348. The first kappa shape index (κ1) is 13.1. The molecule has 0 aliphatic heterocycles. The van der Waals surface area contributed by atoms with Gasteiger partial charge in [0.15, 0.2) is 0 Å². The molecule has 2 heterocycles. The lowest BCUT2D eigenvalue weighted by atomic mass is 10.3. The summed E-state index contributed by atoms with van der Waals surface area (Å²) in [5, 5.41) is 13.3. The van der Waals surface area contributed by atoms with Crippen LogP contribution in [0.15, 0.2) is 16.2 Å². The van der Waals surface area contributed by atoms with Crippen LogP contribution >= 0.6 is 11.3 Å². The van der Waals surface area contributed by atoms with Crippen molar-refractivity contribution < 1.29 is 13.9 Å². The lowest BCUT2D eigenvalue weighted by Crippen LogP contribution is -2.32. The van der Waals surface area contributed by atoms with Crippen molar-refractivity contribution in [1.29, 1.82) is 0 Å². The number of hydrogen-bond donors (Lipinski definition) is 3. The highest BCUT2D eigenvalue weighted by Crippen LogP contribution is 2.13. The SMILES string of the molecule is O=c1[nH]c(CNCC(O)C(F)F)nc2ccsc12. The Morgan fingerprint density at radius 1 is 1.56 bits per heavy atom. The Labute approximate surface area is 104 Å². The van der Waals surface area contributed by atoms with Gasteiger partial charge in [0.2, 0.25) is 0 Å². The zero-order chi connectivity index (χ0) is 13.1. The largest absolute Gasteiger partial charge is 0.386 e. The van der Waals surface area contributed by atoms with Gasteiger partial charge < -0.3 is 15.4 Å². The summed E-state index contributed by atoms with van der Waals surface area (Å²) in [5.74, 6) is 0.354. The molecule has 0 saturated heterocycles. The molecule has 98 valence electrons. The van der Waals surface area contributed by atoms with Crippen molar-refractivity contribution in [3.05, 3.63) is 27.6 Å². The number of aromatic amines is 1. The highest BCUT2D eigenvalue weighted by molar-refractivity contribution is 7.17.